The molecule has 0 saturated carbocycles. The van der Waals surface area contributed by atoms with Gasteiger partial charge >= 0.3 is 0 Å². The van der Waals surface area contributed by atoms with Crippen LogP contribution in [0.5, 0.6) is 0 Å². The van der Waals surface area contributed by atoms with Crippen LogP contribution in [0.4, 0.5) is 0 Å². The normalized spacial score (nSPS) is 14.1. The second-order valence-electron chi connectivity index (χ2n) is 6.91. The van der Waals surface area contributed by atoms with E-state index in [1.54, 1.807) is 0 Å². The summed E-state index contributed by atoms with van der Waals surface area (Å²) in [6, 6.07) is 9.98. The van der Waals surface area contributed by atoms with Crippen molar-refractivity contribution in [3.05, 3.63) is 48.0 Å². The lowest BCUT2D eigenvalue weighted by molar-refractivity contribution is 0.189. The lowest BCUT2D eigenvalue weighted by Crippen LogP contribution is -2.41. The van der Waals surface area contributed by atoms with E-state index >= 15 is 0 Å². The Morgan fingerprint density at radius 2 is 1.80 bits per heavy atom. The first-order valence-corrected chi connectivity index (χ1v) is 10.1. The molecule has 1 rings (SSSR count). The highest BCUT2D eigenvalue weighted by molar-refractivity contribution is 6.74. The van der Waals surface area contributed by atoms with Crippen LogP contribution in [0.2, 0.25) is 18.1 Å². The van der Waals surface area contributed by atoms with E-state index in [2.05, 4.69) is 40.4 Å². The largest absolute Gasteiger partial charge is 0.413 e. The van der Waals surface area contributed by atoms with Crippen molar-refractivity contribution in [2.24, 2.45) is 0 Å². The van der Waals surface area contributed by atoms with Gasteiger partial charge in [-0.3, -0.25) is 0 Å². The maximum atomic E-state index is 10.2. The number of hydrogen-bond acceptors (Lipinski definition) is 2. The zero-order valence-corrected chi connectivity index (χ0v) is 14.4. The Labute approximate surface area is 124 Å². The van der Waals surface area contributed by atoms with Gasteiger partial charge in [-0.2, -0.15) is 0 Å². The minimum Gasteiger partial charge on any atom is -0.413 e. The zero-order valence-electron chi connectivity index (χ0n) is 13.4. The van der Waals surface area contributed by atoms with Crippen molar-refractivity contribution < 1.29 is 9.53 Å². The SMILES string of the molecule is C=C(CO[Si](C)(C)C(C)(C)C)C(O)Cc1ccccc1. The van der Waals surface area contributed by atoms with E-state index in [1.807, 2.05) is 30.3 Å². The molecule has 0 bridgehead atoms. The van der Waals surface area contributed by atoms with Gasteiger partial charge in [-0.15, -0.1) is 0 Å². The minimum absolute atomic E-state index is 0.178. The molecule has 0 aliphatic rings. The van der Waals surface area contributed by atoms with Crippen LogP contribution < -0.4 is 0 Å². The number of rotatable bonds is 6. The number of benzene rings is 1. The third-order valence-electron chi connectivity index (χ3n) is 4.17. The summed E-state index contributed by atoms with van der Waals surface area (Å²) < 4.78 is 6.09. The molecule has 0 saturated heterocycles. The van der Waals surface area contributed by atoms with Crippen molar-refractivity contribution in [3.8, 4) is 0 Å². The van der Waals surface area contributed by atoms with Gasteiger partial charge in [0.2, 0.25) is 0 Å². The maximum absolute atomic E-state index is 10.2. The number of hydrogen-bond donors (Lipinski definition) is 1. The Morgan fingerprint density at radius 1 is 1.25 bits per heavy atom. The molecule has 0 amide bonds. The molecule has 0 spiro atoms. The third-order valence-corrected chi connectivity index (χ3v) is 8.65. The van der Waals surface area contributed by atoms with E-state index in [9.17, 15) is 5.11 Å². The molecule has 0 aliphatic carbocycles. The van der Waals surface area contributed by atoms with Crippen LogP contribution in [0.1, 0.15) is 26.3 Å². The van der Waals surface area contributed by atoms with Crippen LogP contribution >= 0.6 is 0 Å². The highest BCUT2D eigenvalue weighted by atomic mass is 28.4. The quantitative estimate of drug-likeness (QED) is 0.630. The predicted molar refractivity (Wildman–Crippen MR) is 88.4 cm³/mol. The van der Waals surface area contributed by atoms with Gasteiger partial charge in [0.05, 0.1) is 12.7 Å². The summed E-state index contributed by atoms with van der Waals surface area (Å²) in [5, 5.41) is 10.4. The minimum atomic E-state index is -1.78. The highest BCUT2D eigenvalue weighted by Gasteiger charge is 2.37. The summed E-state index contributed by atoms with van der Waals surface area (Å²) in [5.41, 5.74) is 1.88. The fraction of sp³-hybridized carbons (Fsp3) is 0.529. The van der Waals surface area contributed by atoms with Crippen LogP contribution in [0.25, 0.3) is 0 Å². The molecule has 0 aromatic heterocycles. The summed E-state index contributed by atoms with van der Waals surface area (Å²) in [6.45, 7) is 15.5. The molecule has 0 fully saturated rings. The maximum Gasteiger partial charge on any atom is 0.192 e. The fourth-order valence-corrected chi connectivity index (χ4v) is 2.55. The predicted octanol–water partition coefficient (Wildman–Crippen LogP) is 4.17. The molecule has 3 heteroatoms. The first-order chi connectivity index (χ1) is 9.13. The number of aliphatic hydroxyl groups excluding tert-OH is 1. The first kappa shape index (κ1) is 17.1. The average Bonchev–Trinajstić information content (AvgIpc) is 2.35. The van der Waals surface area contributed by atoms with Gasteiger partial charge in [-0.25, -0.2) is 0 Å². The molecule has 0 aliphatic heterocycles. The number of aliphatic hydroxyl groups is 1. The van der Waals surface area contributed by atoms with Gasteiger partial charge in [0.1, 0.15) is 0 Å². The van der Waals surface area contributed by atoms with E-state index in [-0.39, 0.29) is 5.04 Å². The topological polar surface area (TPSA) is 29.5 Å². The van der Waals surface area contributed by atoms with Gasteiger partial charge in [-0.1, -0.05) is 57.7 Å². The summed E-state index contributed by atoms with van der Waals surface area (Å²) >= 11 is 0. The monoisotopic (exact) mass is 292 g/mol. The van der Waals surface area contributed by atoms with E-state index in [0.717, 1.165) is 11.1 Å². The van der Waals surface area contributed by atoms with E-state index in [0.29, 0.717) is 13.0 Å². The summed E-state index contributed by atoms with van der Waals surface area (Å²) in [7, 11) is -1.78. The molecule has 20 heavy (non-hydrogen) atoms. The molecule has 1 aromatic rings. The molecular weight excluding hydrogens is 264 g/mol. The van der Waals surface area contributed by atoms with Crippen molar-refractivity contribution in [2.45, 2.75) is 51.4 Å². The molecule has 1 aromatic carbocycles. The molecule has 2 nitrogen and oxygen atoms in total. The highest BCUT2D eigenvalue weighted by Crippen LogP contribution is 2.36. The van der Waals surface area contributed by atoms with Gasteiger partial charge in [0.25, 0.3) is 0 Å². The molecular formula is C17H28O2Si. The van der Waals surface area contributed by atoms with Crippen molar-refractivity contribution >= 4 is 8.32 Å². The van der Waals surface area contributed by atoms with Crippen molar-refractivity contribution in [3.63, 3.8) is 0 Å². The van der Waals surface area contributed by atoms with Crippen molar-refractivity contribution in [2.75, 3.05) is 6.61 Å². The lowest BCUT2D eigenvalue weighted by atomic mass is 10.0. The zero-order chi connectivity index (χ0) is 15.4. The molecule has 1 N–H and O–H groups in total. The first-order valence-electron chi connectivity index (χ1n) is 7.17. The lowest BCUT2D eigenvalue weighted by Gasteiger charge is -2.36. The Bertz CT molecular complexity index is 432. The molecule has 0 heterocycles. The Hall–Kier alpha value is -0.903. The third kappa shape index (κ3) is 4.89. The summed E-state index contributed by atoms with van der Waals surface area (Å²) in [5.74, 6) is 0. The van der Waals surface area contributed by atoms with Gasteiger partial charge in [-0.05, 0) is 29.3 Å². The Kier molecular flexibility index (Phi) is 5.75. The average molecular weight is 292 g/mol. The van der Waals surface area contributed by atoms with E-state index in [1.165, 1.54) is 0 Å². The Balaban J connectivity index is 2.51. The van der Waals surface area contributed by atoms with Gasteiger partial charge < -0.3 is 9.53 Å². The molecule has 0 radical (unpaired) electrons. The van der Waals surface area contributed by atoms with E-state index in [4.69, 9.17) is 4.43 Å². The van der Waals surface area contributed by atoms with Crippen LogP contribution in [-0.4, -0.2) is 26.1 Å². The van der Waals surface area contributed by atoms with E-state index < -0.39 is 14.4 Å². The molecule has 1 unspecified atom stereocenters. The summed E-state index contributed by atoms with van der Waals surface area (Å²) in [4.78, 5) is 0. The van der Waals surface area contributed by atoms with Crippen LogP contribution in [0.3, 0.4) is 0 Å². The van der Waals surface area contributed by atoms with Crippen LogP contribution in [0, 0.1) is 0 Å². The smallest absolute Gasteiger partial charge is 0.192 e. The second kappa shape index (κ2) is 6.70. The van der Waals surface area contributed by atoms with Crippen molar-refractivity contribution in [1.82, 2.24) is 0 Å². The van der Waals surface area contributed by atoms with Crippen LogP contribution in [-0.2, 0) is 10.8 Å². The molecule has 112 valence electrons. The second-order valence-corrected chi connectivity index (χ2v) is 11.7. The van der Waals surface area contributed by atoms with Crippen LogP contribution in [0.15, 0.2) is 42.5 Å². The fourth-order valence-electron chi connectivity index (χ4n) is 1.57. The standard InChI is InChI=1S/C17H28O2Si/c1-14(13-19-20(5,6)17(2,3)4)16(18)12-15-10-8-7-9-11-15/h7-11,16,18H,1,12-13H2,2-6H3. The Morgan fingerprint density at radius 3 is 2.30 bits per heavy atom. The molecule has 1 atom stereocenters. The van der Waals surface area contributed by atoms with Crippen molar-refractivity contribution in [1.29, 1.82) is 0 Å². The van der Waals surface area contributed by atoms with Gasteiger partial charge in [0.15, 0.2) is 8.32 Å². The van der Waals surface area contributed by atoms with Gasteiger partial charge in [0, 0.05) is 6.42 Å². The summed E-state index contributed by atoms with van der Waals surface area (Å²) in [6.07, 6.45) is 0.0581.